The molecular weight excluding hydrogens is 365 g/mol. The maximum atomic E-state index is 12.5. The zero-order valence-corrected chi connectivity index (χ0v) is 15.9. The van der Waals surface area contributed by atoms with Gasteiger partial charge in [-0.05, 0) is 25.1 Å². The SMILES string of the molecule is COCC(C)NC(=O)CN1CCN(C(=O)c2cc(Cl)cc(Cl)c2)CC1. The van der Waals surface area contributed by atoms with E-state index in [2.05, 4.69) is 5.32 Å². The summed E-state index contributed by atoms with van der Waals surface area (Å²) in [7, 11) is 1.60. The fourth-order valence-electron chi connectivity index (χ4n) is 2.78. The second kappa shape index (κ2) is 9.38. The average Bonchev–Trinajstić information content (AvgIpc) is 2.54. The molecule has 6 nitrogen and oxygen atoms in total. The number of hydrogen-bond donors (Lipinski definition) is 1. The van der Waals surface area contributed by atoms with E-state index in [0.717, 1.165) is 0 Å². The van der Waals surface area contributed by atoms with Crippen molar-refractivity contribution in [3.05, 3.63) is 33.8 Å². The molecule has 1 aliphatic heterocycles. The molecule has 1 aliphatic rings. The number of benzene rings is 1. The van der Waals surface area contributed by atoms with E-state index < -0.39 is 0 Å². The molecule has 1 fully saturated rings. The van der Waals surface area contributed by atoms with Crippen LogP contribution in [-0.4, -0.2) is 74.1 Å². The highest BCUT2D eigenvalue weighted by Gasteiger charge is 2.24. The Morgan fingerprint density at radius 1 is 1.16 bits per heavy atom. The van der Waals surface area contributed by atoms with Crippen LogP contribution < -0.4 is 5.32 Å². The van der Waals surface area contributed by atoms with E-state index in [4.69, 9.17) is 27.9 Å². The van der Waals surface area contributed by atoms with Crippen molar-refractivity contribution in [3.8, 4) is 0 Å². The summed E-state index contributed by atoms with van der Waals surface area (Å²) >= 11 is 11.9. The predicted molar refractivity (Wildman–Crippen MR) is 98.3 cm³/mol. The molecule has 0 aliphatic carbocycles. The van der Waals surface area contributed by atoms with Gasteiger partial charge >= 0.3 is 0 Å². The molecule has 0 aromatic heterocycles. The van der Waals surface area contributed by atoms with Gasteiger partial charge in [0.15, 0.2) is 0 Å². The first-order valence-electron chi connectivity index (χ1n) is 8.15. The third kappa shape index (κ3) is 6.15. The van der Waals surface area contributed by atoms with Gasteiger partial charge in [0, 0.05) is 54.9 Å². The predicted octanol–water partition coefficient (Wildman–Crippen LogP) is 1.90. The van der Waals surface area contributed by atoms with Gasteiger partial charge in [-0.1, -0.05) is 23.2 Å². The fourth-order valence-corrected chi connectivity index (χ4v) is 3.31. The van der Waals surface area contributed by atoms with E-state index in [0.29, 0.717) is 54.9 Å². The Labute approximate surface area is 158 Å². The van der Waals surface area contributed by atoms with Gasteiger partial charge < -0.3 is 15.0 Å². The Kier molecular flexibility index (Phi) is 7.50. The van der Waals surface area contributed by atoms with Gasteiger partial charge in [-0.2, -0.15) is 0 Å². The summed E-state index contributed by atoms with van der Waals surface area (Å²) in [5.74, 6) is -0.131. The maximum absolute atomic E-state index is 12.5. The van der Waals surface area contributed by atoms with Crippen molar-refractivity contribution >= 4 is 35.0 Å². The van der Waals surface area contributed by atoms with Crippen molar-refractivity contribution in [1.29, 1.82) is 0 Å². The number of hydrogen-bond acceptors (Lipinski definition) is 4. The quantitative estimate of drug-likeness (QED) is 0.809. The standard InChI is InChI=1S/C17H23Cl2N3O3/c1-12(11-25-2)20-16(23)10-21-3-5-22(6-4-21)17(24)13-7-14(18)9-15(19)8-13/h7-9,12H,3-6,10-11H2,1-2H3,(H,20,23). The first kappa shape index (κ1) is 20.0. The normalized spacial score (nSPS) is 16.6. The number of piperazine rings is 1. The van der Waals surface area contributed by atoms with Gasteiger partial charge in [0.2, 0.25) is 5.91 Å². The lowest BCUT2D eigenvalue weighted by Crippen LogP contribution is -2.52. The Morgan fingerprint density at radius 2 is 1.76 bits per heavy atom. The molecule has 2 rings (SSSR count). The average molecular weight is 388 g/mol. The van der Waals surface area contributed by atoms with Crippen LogP contribution in [-0.2, 0) is 9.53 Å². The molecule has 1 saturated heterocycles. The number of carbonyl (C=O) groups is 2. The molecule has 0 saturated carbocycles. The summed E-state index contributed by atoms with van der Waals surface area (Å²) in [6, 6.07) is 4.81. The molecule has 2 amide bonds. The summed E-state index contributed by atoms with van der Waals surface area (Å²) in [4.78, 5) is 28.3. The van der Waals surface area contributed by atoms with Crippen LogP contribution in [0.1, 0.15) is 17.3 Å². The van der Waals surface area contributed by atoms with Gasteiger partial charge in [-0.15, -0.1) is 0 Å². The minimum atomic E-state index is -0.0952. The molecule has 8 heteroatoms. The van der Waals surface area contributed by atoms with E-state index >= 15 is 0 Å². The van der Waals surface area contributed by atoms with Crippen molar-refractivity contribution < 1.29 is 14.3 Å². The van der Waals surface area contributed by atoms with E-state index in [1.54, 1.807) is 30.2 Å². The first-order chi connectivity index (χ1) is 11.9. The van der Waals surface area contributed by atoms with Crippen molar-refractivity contribution in [2.45, 2.75) is 13.0 Å². The number of nitrogens with zero attached hydrogens (tertiary/aromatic N) is 2. The Hall–Kier alpha value is -1.34. The number of carbonyl (C=O) groups excluding carboxylic acids is 2. The van der Waals surface area contributed by atoms with Crippen molar-refractivity contribution in [2.24, 2.45) is 0 Å². The van der Waals surface area contributed by atoms with Crippen LogP contribution in [0.5, 0.6) is 0 Å². The minimum Gasteiger partial charge on any atom is -0.383 e. The van der Waals surface area contributed by atoms with Crippen molar-refractivity contribution in [1.82, 2.24) is 15.1 Å². The van der Waals surface area contributed by atoms with Gasteiger partial charge in [-0.25, -0.2) is 0 Å². The van der Waals surface area contributed by atoms with Crippen LogP contribution in [0.3, 0.4) is 0 Å². The molecule has 1 heterocycles. The summed E-state index contributed by atoms with van der Waals surface area (Å²) in [6.45, 7) is 5.11. The molecule has 0 bridgehead atoms. The Bertz CT molecular complexity index is 599. The van der Waals surface area contributed by atoms with Gasteiger partial charge in [-0.3, -0.25) is 14.5 Å². The lowest BCUT2D eigenvalue weighted by molar-refractivity contribution is -0.123. The molecule has 0 spiro atoms. The molecule has 1 aromatic rings. The number of methoxy groups -OCH3 is 1. The van der Waals surface area contributed by atoms with Crippen LogP contribution in [0.2, 0.25) is 10.0 Å². The Morgan fingerprint density at radius 3 is 2.32 bits per heavy atom. The highest BCUT2D eigenvalue weighted by atomic mass is 35.5. The van der Waals surface area contributed by atoms with Crippen LogP contribution in [0.4, 0.5) is 0 Å². The van der Waals surface area contributed by atoms with E-state index in [-0.39, 0.29) is 17.9 Å². The Balaban J connectivity index is 1.83. The lowest BCUT2D eigenvalue weighted by Gasteiger charge is -2.34. The minimum absolute atomic E-state index is 0.0204. The summed E-state index contributed by atoms with van der Waals surface area (Å²) < 4.78 is 5.00. The van der Waals surface area contributed by atoms with Gasteiger partial charge in [0.05, 0.1) is 13.2 Å². The molecule has 0 radical (unpaired) electrons. The van der Waals surface area contributed by atoms with Crippen molar-refractivity contribution in [3.63, 3.8) is 0 Å². The second-order valence-corrected chi connectivity index (χ2v) is 7.02. The molecule has 1 N–H and O–H groups in total. The smallest absolute Gasteiger partial charge is 0.254 e. The van der Waals surface area contributed by atoms with E-state index in [1.807, 2.05) is 11.8 Å². The second-order valence-electron chi connectivity index (χ2n) is 6.15. The highest BCUT2D eigenvalue weighted by molar-refractivity contribution is 6.35. The summed E-state index contributed by atoms with van der Waals surface area (Å²) in [5, 5.41) is 3.77. The van der Waals surface area contributed by atoms with Crippen LogP contribution in [0, 0.1) is 0 Å². The lowest BCUT2D eigenvalue weighted by atomic mass is 10.2. The zero-order valence-electron chi connectivity index (χ0n) is 14.4. The van der Waals surface area contributed by atoms with Crippen molar-refractivity contribution in [2.75, 3.05) is 46.4 Å². The fraction of sp³-hybridized carbons (Fsp3) is 0.529. The highest BCUT2D eigenvalue weighted by Crippen LogP contribution is 2.20. The zero-order chi connectivity index (χ0) is 18.4. The third-order valence-corrected chi connectivity index (χ3v) is 4.40. The number of halogens is 2. The number of ether oxygens (including phenoxy) is 1. The summed E-state index contributed by atoms with van der Waals surface area (Å²) in [6.07, 6.45) is 0. The van der Waals surface area contributed by atoms with Crippen LogP contribution >= 0.6 is 23.2 Å². The number of amides is 2. The summed E-state index contributed by atoms with van der Waals surface area (Å²) in [5.41, 5.74) is 0.483. The third-order valence-electron chi connectivity index (χ3n) is 3.96. The van der Waals surface area contributed by atoms with E-state index in [1.165, 1.54) is 0 Å². The first-order valence-corrected chi connectivity index (χ1v) is 8.90. The molecule has 1 aromatic carbocycles. The molecular formula is C17H23Cl2N3O3. The van der Waals surface area contributed by atoms with Crippen LogP contribution in [0.15, 0.2) is 18.2 Å². The topological polar surface area (TPSA) is 61.9 Å². The maximum Gasteiger partial charge on any atom is 0.254 e. The van der Waals surface area contributed by atoms with E-state index in [9.17, 15) is 9.59 Å². The molecule has 138 valence electrons. The monoisotopic (exact) mass is 387 g/mol. The van der Waals surface area contributed by atoms with Gasteiger partial charge in [0.25, 0.3) is 5.91 Å². The molecule has 1 unspecified atom stereocenters. The number of rotatable bonds is 6. The molecule has 25 heavy (non-hydrogen) atoms. The molecule has 1 atom stereocenters. The number of nitrogens with one attached hydrogen (secondary N) is 1. The van der Waals surface area contributed by atoms with Crippen LogP contribution in [0.25, 0.3) is 0 Å². The van der Waals surface area contributed by atoms with Gasteiger partial charge in [0.1, 0.15) is 0 Å². The largest absolute Gasteiger partial charge is 0.383 e.